The summed E-state index contributed by atoms with van der Waals surface area (Å²) in [7, 11) is 1.55. The fourth-order valence-electron chi connectivity index (χ4n) is 2.30. The Hall–Kier alpha value is -2.82. The average molecular weight is 326 g/mol. The Morgan fingerprint density at radius 3 is 2.04 bits per heavy atom. The first-order chi connectivity index (χ1) is 11.4. The summed E-state index contributed by atoms with van der Waals surface area (Å²) in [5, 5.41) is 5.53. The molecule has 0 aliphatic heterocycles. The highest BCUT2D eigenvalue weighted by Gasteiger charge is 2.14. The molecule has 5 heteroatoms. The Kier molecular flexibility index (Phi) is 5.58. The molecule has 0 aromatic heterocycles. The van der Waals surface area contributed by atoms with Crippen LogP contribution in [0.1, 0.15) is 42.6 Å². The lowest BCUT2D eigenvalue weighted by molar-refractivity contribution is -0.114. The van der Waals surface area contributed by atoms with E-state index in [2.05, 4.69) is 24.5 Å². The van der Waals surface area contributed by atoms with Crippen molar-refractivity contribution in [3.05, 3.63) is 53.6 Å². The lowest BCUT2D eigenvalue weighted by Gasteiger charge is -2.13. The fourth-order valence-corrected chi connectivity index (χ4v) is 2.30. The van der Waals surface area contributed by atoms with Gasteiger partial charge in [-0.2, -0.15) is 0 Å². The van der Waals surface area contributed by atoms with Crippen molar-refractivity contribution in [2.24, 2.45) is 0 Å². The Bertz CT molecular complexity index is 737. The van der Waals surface area contributed by atoms with Gasteiger partial charge < -0.3 is 15.4 Å². The van der Waals surface area contributed by atoms with Gasteiger partial charge in [0.1, 0.15) is 5.75 Å². The van der Waals surface area contributed by atoms with Gasteiger partial charge in [0.15, 0.2) is 0 Å². The van der Waals surface area contributed by atoms with E-state index in [1.807, 2.05) is 18.2 Å². The maximum Gasteiger partial charge on any atom is 0.259 e. The molecule has 0 saturated carbocycles. The van der Waals surface area contributed by atoms with Gasteiger partial charge in [0, 0.05) is 18.3 Å². The summed E-state index contributed by atoms with van der Waals surface area (Å²) in [5.74, 6) is 0.481. The van der Waals surface area contributed by atoms with E-state index in [-0.39, 0.29) is 11.8 Å². The minimum absolute atomic E-state index is 0.137. The highest BCUT2D eigenvalue weighted by molar-refractivity contribution is 6.06. The van der Waals surface area contributed by atoms with Crippen LogP contribution < -0.4 is 15.4 Å². The van der Waals surface area contributed by atoms with Crippen LogP contribution in [-0.2, 0) is 4.79 Å². The topological polar surface area (TPSA) is 67.4 Å². The molecule has 0 bridgehead atoms. The first-order valence-corrected chi connectivity index (χ1v) is 7.77. The Labute approximate surface area is 142 Å². The number of anilines is 2. The predicted molar refractivity (Wildman–Crippen MR) is 95.8 cm³/mol. The Balaban J connectivity index is 2.19. The molecule has 2 N–H and O–H groups in total. The molecule has 2 amide bonds. The molecule has 0 unspecified atom stereocenters. The van der Waals surface area contributed by atoms with Crippen LogP contribution in [0, 0.1) is 0 Å². The lowest BCUT2D eigenvalue weighted by atomic mass is 10.00. The van der Waals surface area contributed by atoms with Gasteiger partial charge in [0.05, 0.1) is 12.7 Å². The molecule has 0 aliphatic rings. The van der Waals surface area contributed by atoms with Gasteiger partial charge in [0.25, 0.3) is 5.91 Å². The van der Waals surface area contributed by atoms with Gasteiger partial charge in [0.2, 0.25) is 5.91 Å². The van der Waals surface area contributed by atoms with E-state index in [1.54, 1.807) is 31.4 Å². The molecule has 2 aromatic carbocycles. The number of hydrogen-bond acceptors (Lipinski definition) is 3. The number of rotatable bonds is 5. The van der Waals surface area contributed by atoms with E-state index < -0.39 is 0 Å². The minimum atomic E-state index is -0.235. The van der Waals surface area contributed by atoms with E-state index in [1.165, 1.54) is 6.92 Å². The van der Waals surface area contributed by atoms with E-state index in [4.69, 9.17) is 4.74 Å². The summed E-state index contributed by atoms with van der Waals surface area (Å²) in [6, 6.07) is 12.6. The van der Waals surface area contributed by atoms with Crippen molar-refractivity contribution in [2.75, 3.05) is 17.7 Å². The normalized spacial score (nSPS) is 10.4. The zero-order valence-electron chi connectivity index (χ0n) is 14.3. The largest absolute Gasteiger partial charge is 0.496 e. The molecule has 2 rings (SSSR count). The summed E-state index contributed by atoms with van der Waals surface area (Å²) in [6.45, 7) is 5.60. The number of benzene rings is 2. The molecule has 126 valence electrons. The third-order valence-corrected chi connectivity index (χ3v) is 3.60. The second-order valence-electron chi connectivity index (χ2n) is 5.83. The van der Waals surface area contributed by atoms with Crippen molar-refractivity contribution in [2.45, 2.75) is 26.7 Å². The molecule has 0 fully saturated rings. The quantitative estimate of drug-likeness (QED) is 0.871. The van der Waals surface area contributed by atoms with Gasteiger partial charge in [-0.25, -0.2) is 0 Å². The molecule has 24 heavy (non-hydrogen) atoms. The van der Waals surface area contributed by atoms with Gasteiger partial charge >= 0.3 is 0 Å². The Morgan fingerprint density at radius 2 is 1.54 bits per heavy atom. The fraction of sp³-hybridized carbons (Fsp3) is 0.263. The van der Waals surface area contributed by atoms with Crippen LogP contribution in [0.3, 0.4) is 0 Å². The van der Waals surface area contributed by atoms with Crippen LogP contribution in [-0.4, -0.2) is 18.9 Å². The van der Waals surface area contributed by atoms with Crippen LogP contribution in [0.15, 0.2) is 42.5 Å². The molecule has 0 atom stereocenters. The number of amides is 2. The van der Waals surface area contributed by atoms with Crippen molar-refractivity contribution in [1.29, 1.82) is 0 Å². The van der Waals surface area contributed by atoms with Gasteiger partial charge in [-0.1, -0.05) is 19.9 Å². The van der Waals surface area contributed by atoms with Crippen LogP contribution in [0.5, 0.6) is 5.75 Å². The van der Waals surface area contributed by atoms with E-state index in [0.717, 1.165) is 5.56 Å². The van der Waals surface area contributed by atoms with Crippen LogP contribution in [0.2, 0.25) is 0 Å². The van der Waals surface area contributed by atoms with Crippen molar-refractivity contribution >= 4 is 23.2 Å². The first kappa shape index (κ1) is 17.5. The average Bonchev–Trinajstić information content (AvgIpc) is 2.55. The SMILES string of the molecule is COc1ccc(C(C)C)cc1C(=O)Nc1ccc(NC(C)=O)cc1. The molecule has 0 spiro atoms. The van der Waals surface area contributed by atoms with Crippen molar-refractivity contribution in [1.82, 2.24) is 0 Å². The number of nitrogens with one attached hydrogen (secondary N) is 2. The predicted octanol–water partition coefficient (Wildman–Crippen LogP) is 4.03. The maximum atomic E-state index is 12.6. The van der Waals surface area contributed by atoms with Crippen molar-refractivity contribution < 1.29 is 14.3 Å². The number of hydrogen-bond donors (Lipinski definition) is 2. The molecule has 0 heterocycles. The van der Waals surface area contributed by atoms with E-state index in [0.29, 0.717) is 28.6 Å². The van der Waals surface area contributed by atoms with Crippen LogP contribution in [0.25, 0.3) is 0 Å². The molecular formula is C19H22N2O3. The second-order valence-corrected chi connectivity index (χ2v) is 5.83. The number of ether oxygens (including phenoxy) is 1. The highest BCUT2D eigenvalue weighted by atomic mass is 16.5. The molecule has 0 radical (unpaired) electrons. The van der Waals surface area contributed by atoms with E-state index in [9.17, 15) is 9.59 Å². The van der Waals surface area contributed by atoms with Gasteiger partial charge in [-0.05, 0) is 47.9 Å². The molecular weight excluding hydrogens is 304 g/mol. The standard InChI is InChI=1S/C19H22N2O3/c1-12(2)14-5-10-18(24-4)17(11-14)19(23)21-16-8-6-15(7-9-16)20-13(3)22/h5-12H,1-4H3,(H,20,22)(H,21,23). The summed E-state index contributed by atoms with van der Waals surface area (Å²) in [4.78, 5) is 23.6. The second kappa shape index (κ2) is 7.64. The third kappa shape index (κ3) is 4.35. The van der Waals surface area contributed by atoms with Gasteiger partial charge in [-0.15, -0.1) is 0 Å². The summed E-state index contributed by atoms with van der Waals surface area (Å²) < 4.78 is 5.29. The summed E-state index contributed by atoms with van der Waals surface area (Å²) >= 11 is 0. The number of methoxy groups -OCH3 is 1. The first-order valence-electron chi connectivity index (χ1n) is 7.77. The van der Waals surface area contributed by atoms with Gasteiger partial charge in [-0.3, -0.25) is 9.59 Å². The number of carbonyl (C=O) groups is 2. The molecule has 0 aliphatic carbocycles. The maximum absolute atomic E-state index is 12.6. The minimum Gasteiger partial charge on any atom is -0.496 e. The lowest BCUT2D eigenvalue weighted by Crippen LogP contribution is -2.14. The highest BCUT2D eigenvalue weighted by Crippen LogP contribution is 2.25. The Morgan fingerprint density at radius 1 is 0.958 bits per heavy atom. The van der Waals surface area contributed by atoms with Crippen molar-refractivity contribution in [3.8, 4) is 5.75 Å². The molecule has 5 nitrogen and oxygen atoms in total. The molecule has 0 saturated heterocycles. The van der Waals surface area contributed by atoms with Crippen molar-refractivity contribution in [3.63, 3.8) is 0 Å². The summed E-state index contributed by atoms with van der Waals surface area (Å²) in [6.07, 6.45) is 0. The van der Waals surface area contributed by atoms with Crippen LogP contribution >= 0.6 is 0 Å². The monoisotopic (exact) mass is 326 g/mol. The van der Waals surface area contributed by atoms with Crippen LogP contribution in [0.4, 0.5) is 11.4 Å². The zero-order valence-corrected chi connectivity index (χ0v) is 14.3. The third-order valence-electron chi connectivity index (χ3n) is 3.60. The summed E-state index contributed by atoms with van der Waals surface area (Å²) in [5.41, 5.74) is 2.89. The zero-order chi connectivity index (χ0) is 17.7. The van der Waals surface area contributed by atoms with E-state index >= 15 is 0 Å². The molecule has 2 aromatic rings. The smallest absolute Gasteiger partial charge is 0.259 e. The number of carbonyl (C=O) groups excluding carboxylic acids is 2.